The standard InChI is InChI=1S/C19H21N3O3/c1-12(2)17-16-10-14(11-21-19(16)25-22-17)18(23)20-8-9-24-15-6-4-13(3)5-7-15/h4-7,10-12H,8-9H2,1-3H3,(H,20,23). The first-order valence-electron chi connectivity index (χ1n) is 8.27. The van der Waals surface area contributed by atoms with Crippen molar-refractivity contribution in [2.45, 2.75) is 26.7 Å². The molecule has 1 amide bonds. The number of benzene rings is 1. The highest BCUT2D eigenvalue weighted by Gasteiger charge is 2.15. The number of hydrogen-bond donors (Lipinski definition) is 1. The van der Waals surface area contributed by atoms with Crippen molar-refractivity contribution < 1.29 is 14.1 Å². The van der Waals surface area contributed by atoms with Crippen LogP contribution < -0.4 is 10.1 Å². The number of hydrogen-bond acceptors (Lipinski definition) is 5. The van der Waals surface area contributed by atoms with Gasteiger partial charge in [-0.15, -0.1) is 0 Å². The highest BCUT2D eigenvalue weighted by atomic mass is 16.5. The second-order valence-electron chi connectivity index (χ2n) is 6.22. The van der Waals surface area contributed by atoms with Gasteiger partial charge in [-0.05, 0) is 31.0 Å². The van der Waals surface area contributed by atoms with Crippen LogP contribution in [0.1, 0.15) is 41.4 Å². The van der Waals surface area contributed by atoms with Crippen LogP contribution >= 0.6 is 0 Å². The number of pyridine rings is 1. The molecule has 3 rings (SSSR count). The molecule has 2 heterocycles. The molecule has 0 radical (unpaired) electrons. The van der Waals surface area contributed by atoms with Gasteiger partial charge in [0.15, 0.2) is 0 Å². The van der Waals surface area contributed by atoms with Gasteiger partial charge in [-0.25, -0.2) is 4.98 Å². The summed E-state index contributed by atoms with van der Waals surface area (Å²) in [5.74, 6) is 0.788. The van der Waals surface area contributed by atoms with E-state index in [0.717, 1.165) is 16.8 Å². The lowest BCUT2D eigenvalue weighted by molar-refractivity contribution is 0.0947. The van der Waals surface area contributed by atoms with E-state index < -0.39 is 0 Å². The molecule has 0 bridgehead atoms. The number of rotatable bonds is 6. The first-order valence-corrected chi connectivity index (χ1v) is 8.27. The van der Waals surface area contributed by atoms with E-state index in [4.69, 9.17) is 9.26 Å². The maximum atomic E-state index is 12.3. The van der Waals surface area contributed by atoms with E-state index in [2.05, 4.69) is 15.5 Å². The molecule has 1 aromatic carbocycles. The van der Waals surface area contributed by atoms with Crippen molar-refractivity contribution in [3.05, 3.63) is 53.3 Å². The zero-order chi connectivity index (χ0) is 17.8. The monoisotopic (exact) mass is 339 g/mol. The third-order valence-electron chi connectivity index (χ3n) is 3.84. The van der Waals surface area contributed by atoms with Crippen LogP contribution in [0.25, 0.3) is 11.1 Å². The van der Waals surface area contributed by atoms with E-state index in [1.165, 1.54) is 11.8 Å². The van der Waals surface area contributed by atoms with Gasteiger partial charge in [0, 0.05) is 6.20 Å². The Morgan fingerprint density at radius 3 is 2.76 bits per heavy atom. The summed E-state index contributed by atoms with van der Waals surface area (Å²) < 4.78 is 10.8. The number of nitrogens with zero attached hydrogens (tertiary/aromatic N) is 2. The molecule has 2 aromatic heterocycles. The van der Waals surface area contributed by atoms with Gasteiger partial charge in [-0.2, -0.15) is 0 Å². The van der Waals surface area contributed by atoms with E-state index in [1.807, 2.05) is 45.0 Å². The van der Waals surface area contributed by atoms with Crippen LogP contribution in [0.4, 0.5) is 0 Å². The van der Waals surface area contributed by atoms with Crippen molar-refractivity contribution >= 4 is 17.0 Å². The molecule has 0 aliphatic carbocycles. The van der Waals surface area contributed by atoms with E-state index in [9.17, 15) is 4.79 Å². The van der Waals surface area contributed by atoms with Crippen molar-refractivity contribution in [2.24, 2.45) is 0 Å². The summed E-state index contributed by atoms with van der Waals surface area (Å²) in [4.78, 5) is 16.5. The largest absolute Gasteiger partial charge is 0.492 e. The molecule has 0 spiro atoms. The quantitative estimate of drug-likeness (QED) is 0.696. The third kappa shape index (κ3) is 3.96. The second-order valence-corrected chi connectivity index (χ2v) is 6.22. The summed E-state index contributed by atoms with van der Waals surface area (Å²) in [5.41, 5.74) is 2.91. The Balaban J connectivity index is 1.58. The first kappa shape index (κ1) is 17.0. The molecule has 6 heteroatoms. The van der Waals surface area contributed by atoms with Gasteiger partial charge in [-0.3, -0.25) is 4.79 Å². The number of fused-ring (bicyclic) bond motifs is 1. The fraction of sp³-hybridized carbons (Fsp3) is 0.316. The Hall–Kier alpha value is -2.89. The van der Waals surface area contributed by atoms with Crippen LogP contribution in [0.3, 0.4) is 0 Å². The molecule has 0 unspecified atom stereocenters. The Bertz CT molecular complexity index is 869. The lowest BCUT2D eigenvalue weighted by Crippen LogP contribution is -2.28. The Kier molecular flexibility index (Phi) is 4.97. The molecule has 0 saturated carbocycles. The Morgan fingerprint density at radius 1 is 1.28 bits per heavy atom. The van der Waals surface area contributed by atoms with Gasteiger partial charge in [0.2, 0.25) is 0 Å². The van der Waals surface area contributed by atoms with Crippen molar-refractivity contribution in [2.75, 3.05) is 13.2 Å². The minimum absolute atomic E-state index is 0.196. The van der Waals surface area contributed by atoms with Gasteiger partial charge in [-0.1, -0.05) is 36.7 Å². The molecular formula is C19H21N3O3. The lowest BCUT2D eigenvalue weighted by atomic mass is 10.1. The predicted molar refractivity (Wildman–Crippen MR) is 94.9 cm³/mol. The molecule has 0 saturated heterocycles. The van der Waals surface area contributed by atoms with Crippen LogP contribution in [-0.2, 0) is 0 Å². The number of ether oxygens (including phenoxy) is 1. The average Bonchev–Trinajstić information content (AvgIpc) is 3.03. The SMILES string of the molecule is Cc1ccc(OCCNC(=O)c2cnc3onc(C(C)C)c3c2)cc1. The van der Waals surface area contributed by atoms with Crippen molar-refractivity contribution in [3.63, 3.8) is 0 Å². The van der Waals surface area contributed by atoms with Gasteiger partial charge in [0.25, 0.3) is 11.6 Å². The van der Waals surface area contributed by atoms with Crippen LogP contribution in [0.5, 0.6) is 5.75 Å². The van der Waals surface area contributed by atoms with E-state index >= 15 is 0 Å². The molecule has 130 valence electrons. The summed E-state index contributed by atoms with van der Waals surface area (Å²) in [6.07, 6.45) is 1.49. The number of aryl methyl sites for hydroxylation is 1. The van der Waals surface area contributed by atoms with Gasteiger partial charge >= 0.3 is 0 Å². The minimum atomic E-state index is -0.196. The van der Waals surface area contributed by atoms with Crippen LogP contribution in [0, 0.1) is 6.92 Å². The summed E-state index contributed by atoms with van der Waals surface area (Å²) in [5, 5.41) is 7.63. The molecule has 0 aliphatic heterocycles. The Labute approximate surface area is 146 Å². The summed E-state index contributed by atoms with van der Waals surface area (Å²) in [6, 6.07) is 9.56. The second kappa shape index (κ2) is 7.34. The lowest BCUT2D eigenvalue weighted by Gasteiger charge is -2.08. The number of aromatic nitrogens is 2. The maximum Gasteiger partial charge on any atom is 0.257 e. The number of amides is 1. The van der Waals surface area contributed by atoms with Crippen molar-refractivity contribution in [1.82, 2.24) is 15.5 Å². The number of nitrogens with one attached hydrogen (secondary N) is 1. The predicted octanol–water partition coefficient (Wildman–Crippen LogP) is 3.46. The first-order chi connectivity index (χ1) is 12.0. The van der Waals surface area contributed by atoms with Gasteiger partial charge in [0.1, 0.15) is 12.4 Å². The van der Waals surface area contributed by atoms with E-state index in [0.29, 0.717) is 24.4 Å². The zero-order valence-corrected chi connectivity index (χ0v) is 14.6. The summed E-state index contributed by atoms with van der Waals surface area (Å²) in [6.45, 7) is 6.87. The van der Waals surface area contributed by atoms with Crippen LogP contribution in [-0.4, -0.2) is 29.2 Å². The molecular weight excluding hydrogens is 318 g/mol. The fourth-order valence-electron chi connectivity index (χ4n) is 2.46. The average molecular weight is 339 g/mol. The molecule has 25 heavy (non-hydrogen) atoms. The fourth-order valence-corrected chi connectivity index (χ4v) is 2.46. The molecule has 1 N–H and O–H groups in total. The minimum Gasteiger partial charge on any atom is -0.492 e. The topological polar surface area (TPSA) is 77.2 Å². The third-order valence-corrected chi connectivity index (χ3v) is 3.84. The van der Waals surface area contributed by atoms with Gasteiger partial charge < -0.3 is 14.6 Å². The zero-order valence-electron chi connectivity index (χ0n) is 14.6. The highest BCUT2D eigenvalue weighted by molar-refractivity contribution is 5.97. The maximum absolute atomic E-state index is 12.3. The van der Waals surface area contributed by atoms with E-state index in [1.54, 1.807) is 6.07 Å². The Morgan fingerprint density at radius 2 is 2.04 bits per heavy atom. The molecule has 3 aromatic rings. The summed E-state index contributed by atoms with van der Waals surface area (Å²) in [7, 11) is 0. The summed E-state index contributed by atoms with van der Waals surface area (Å²) >= 11 is 0. The van der Waals surface area contributed by atoms with Crippen molar-refractivity contribution in [3.8, 4) is 5.75 Å². The normalized spacial score (nSPS) is 11.0. The highest BCUT2D eigenvalue weighted by Crippen LogP contribution is 2.24. The van der Waals surface area contributed by atoms with Gasteiger partial charge in [0.05, 0.1) is 23.2 Å². The van der Waals surface area contributed by atoms with Crippen LogP contribution in [0.2, 0.25) is 0 Å². The number of carbonyl (C=O) groups excluding carboxylic acids is 1. The number of carbonyl (C=O) groups is 1. The molecule has 0 fully saturated rings. The smallest absolute Gasteiger partial charge is 0.257 e. The molecule has 0 aliphatic rings. The molecule has 6 nitrogen and oxygen atoms in total. The van der Waals surface area contributed by atoms with Crippen LogP contribution in [0.15, 0.2) is 41.1 Å². The van der Waals surface area contributed by atoms with E-state index in [-0.39, 0.29) is 11.8 Å². The molecule has 0 atom stereocenters. The van der Waals surface area contributed by atoms with Crippen molar-refractivity contribution in [1.29, 1.82) is 0 Å².